The van der Waals surface area contributed by atoms with Crippen molar-refractivity contribution >= 4 is 29.1 Å². The minimum Gasteiger partial charge on any atom is -0.351 e. The minimum absolute atomic E-state index is 0.00864. The topological polar surface area (TPSA) is 64.9 Å². The van der Waals surface area contributed by atoms with Crippen LogP contribution in [-0.2, 0) is 16.8 Å². The van der Waals surface area contributed by atoms with E-state index in [2.05, 4.69) is 16.7 Å². The fraction of sp³-hybridized carbons (Fsp3) is 0.231. The number of carbonyl (C=O) groups excluding carboxylic acids is 1. The van der Waals surface area contributed by atoms with Crippen molar-refractivity contribution in [2.24, 2.45) is 0 Å². The summed E-state index contributed by atoms with van der Waals surface area (Å²) in [7, 11) is 0. The fourth-order valence-corrected chi connectivity index (χ4v) is 4.89. The summed E-state index contributed by atoms with van der Waals surface area (Å²) in [6.07, 6.45) is 1.44. The molecule has 1 aliphatic rings. The van der Waals surface area contributed by atoms with E-state index in [1.807, 2.05) is 54.6 Å². The third kappa shape index (κ3) is 4.81. The molecule has 6 heteroatoms. The number of nitrogens with zero attached hydrogens (tertiary/aromatic N) is 1. The molecule has 0 unspecified atom stereocenters. The predicted molar refractivity (Wildman–Crippen MR) is 129 cm³/mol. The first-order valence-electron chi connectivity index (χ1n) is 10.6. The smallest absolute Gasteiger partial charge is 0.231 e. The van der Waals surface area contributed by atoms with Crippen LogP contribution in [0.5, 0.6) is 0 Å². The SMILES string of the molecule is N#Cc1cccc(-c2ccc(C3(C(=O)NCc4cc(Cl)cc(Cl)c4)CCNCC3)cc2)c1. The maximum atomic E-state index is 13.5. The van der Waals surface area contributed by atoms with Crippen LogP contribution >= 0.6 is 23.2 Å². The first kappa shape index (κ1) is 22.4. The predicted octanol–water partition coefficient (Wildman–Crippen LogP) is 5.47. The number of halogens is 2. The Kier molecular flexibility index (Phi) is 6.81. The van der Waals surface area contributed by atoms with Gasteiger partial charge in [-0.15, -0.1) is 0 Å². The number of nitriles is 1. The molecular formula is C26H23Cl2N3O. The summed E-state index contributed by atoms with van der Waals surface area (Å²) in [6.45, 7) is 1.93. The number of carbonyl (C=O) groups is 1. The highest BCUT2D eigenvalue weighted by atomic mass is 35.5. The molecule has 162 valence electrons. The van der Waals surface area contributed by atoms with Crippen LogP contribution in [0.1, 0.15) is 29.5 Å². The second kappa shape index (κ2) is 9.75. The normalized spacial score (nSPS) is 15.0. The molecule has 2 N–H and O–H groups in total. The van der Waals surface area contributed by atoms with Crippen molar-refractivity contribution in [3.8, 4) is 17.2 Å². The van der Waals surface area contributed by atoms with E-state index in [1.54, 1.807) is 12.1 Å². The standard InChI is InChI=1S/C26H23Cl2N3O/c27-23-13-19(14-24(28)15-23)17-31-25(32)26(8-10-30-11-9-26)22-6-4-20(5-7-22)21-3-1-2-18(12-21)16-29/h1-7,12-15,30H,8-11,17H2,(H,31,32). The van der Waals surface area contributed by atoms with E-state index in [0.717, 1.165) is 48.2 Å². The van der Waals surface area contributed by atoms with E-state index >= 15 is 0 Å². The molecule has 0 spiro atoms. The van der Waals surface area contributed by atoms with Crippen LogP contribution in [0.25, 0.3) is 11.1 Å². The molecular weight excluding hydrogens is 441 g/mol. The Morgan fingerprint density at radius 3 is 2.31 bits per heavy atom. The summed E-state index contributed by atoms with van der Waals surface area (Å²) in [5, 5.41) is 16.7. The average molecular weight is 464 g/mol. The summed E-state index contributed by atoms with van der Waals surface area (Å²) in [6, 6.07) is 23.1. The Morgan fingerprint density at radius 1 is 0.969 bits per heavy atom. The molecule has 1 amide bonds. The number of rotatable bonds is 5. The van der Waals surface area contributed by atoms with E-state index in [0.29, 0.717) is 22.2 Å². The van der Waals surface area contributed by atoms with Gasteiger partial charge >= 0.3 is 0 Å². The van der Waals surface area contributed by atoms with Crippen LogP contribution in [0.2, 0.25) is 10.0 Å². The molecule has 3 aromatic carbocycles. The molecule has 0 bridgehead atoms. The van der Waals surface area contributed by atoms with Crippen molar-refractivity contribution < 1.29 is 4.79 Å². The van der Waals surface area contributed by atoms with Crippen LogP contribution < -0.4 is 10.6 Å². The highest BCUT2D eigenvalue weighted by molar-refractivity contribution is 6.34. The highest BCUT2D eigenvalue weighted by Gasteiger charge is 2.41. The number of nitrogens with one attached hydrogen (secondary N) is 2. The zero-order chi connectivity index (χ0) is 22.6. The van der Waals surface area contributed by atoms with Crippen molar-refractivity contribution in [2.45, 2.75) is 24.8 Å². The lowest BCUT2D eigenvalue weighted by molar-refractivity contribution is -0.128. The number of amides is 1. The Labute approximate surface area is 198 Å². The van der Waals surface area contributed by atoms with Crippen molar-refractivity contribution in [1.29, 1.82) is 5.26 Å². The first-order chi connectivity index (χ1) is 15.5. The molecule has 32 heavy (non-hydrogen) atoms. The van der Waals surface area contributed by atoms with Gasteiger partial charge in [-0.3, -0.25) is 4.79 Å². The van der Waals surface area contributed by atoms with Gasteiger partial charge in [0.15, 0.2) is 0 Å². The molecule has 3 aromatic rings. The second-order valence-electron chi connectivity index (χ2n) is 8.06. The lowest BCUT2D eigenvalue weighted by Crippen LogP contribution is -2.50. The summed E-state index contributed by atoms with van der Waals surface area (Å²) in [5.41, 5.74) is 3.90. The maximum absolute atomic E-state index is 13.5. The van der Waals surface area contributed by atoms with Gasteiger partial charge in [0, 0.05) is 16.6 Å². The average Bonchev–Trinajstić information content (AvgIpc) is 2.82. The zero-order valence-electron chi connectivity index (χ0n) is 17.5. The van der Waals surface area contributed by atoms with Gasteiger partial charge in [0.25, 0.3) is 0 Å². The zero-order valence-corrected chi connectivity index (χ0v) is 19.0. The lowest BCUT2D eigenvalue weighted by Gasteiger charge is -2.37. The minimum atomic E-state index is -0.597. The molecule has 0 atom stereocenters. The van der Waals surface area contributed by atoms with Crippen LogP contribution in [0.15, 0.2) is 66.7 Å². The van der Waals surface area contributed by atoms with Crippen LogP contribution in [-0.4, -0.2) is 19.0 Å². The van der Waals surface area contributed by atoms with Crippen LogP contribution in [0.4, 0.5) is 0 Å². The Hall–Kier alpha value is -2.84. The summed E-state index contributed by atoms with van der Waals surface area (Å²) in [5.74, 6) is 0.00864. The van der Waals surface area contributed by atoms with Gasteiger partial charge in [-0.1, -0.05) is 59.6 Å². The van der Waals surface area contributed by atoms with Gasteiger partial charge in [-0.25, -0.2) is 0 Å². The van der Waals surface area contributed by atoms with Gasteiger partial charge in [-0.05, 0) is 78.5 Å². The quantitative estimate of drug-likeness (QED) is 0.527. The second-order valence-corrected chi connectivity index (χ2v) is 8.94. The number of benzene rings is 3. The molecule has 0 aliphatic carbocycles. The molecule has 4 nitrogen and oxygen atoms in total. The molecule has 1 aliphatic heterocycles. The number of hydrogen-bond donors (Lipinski definition) is 2. The van der Waals surface area contributed by atoms with Crippen molar-refractivity contribution in [3.05, 3.63) is 93.5 Å². The first-order valence-corrected chi connectivity index (χ1v) is 11.3. The number of piperidine rings is 1. The molecule has 1 saturated heterocycles. The Morgan fingerprint density at radius 2 is 1.66 bits per heavy atom. The molecule has 4 rings (SSSR count). The van der Waals surface area contributed by atoms with Gasteiger partial charge in [0.2, 0.25) is 5.91 Å². The van der Waals surface area contributed by atoms with Crippen molar-refractivity contribution in [3.63, 3.8) is 0 Å². The van der Waals surface area contributed by atoms with Gasteiger partial charge in [0.05, 0.1) is 17.0 Å². The highest BCUT2D eigenvalue weighted by Crippen LogP contribution is 2.35. The van der Waals surface area contributed by atoms with Crippen molar-refractivity contribution in [2.75, 3.05) is 13.1 Å². The van der Waals surface area contributed by atoms with Crippen LogP contribution in [0.3, 0.4) is 0 Å². The molecule has 0 saturated carbocycles. The largest absolute Gasteiger partial charge is 0.351 e. The Balaban J connectivity index is 1.58. The van der Waals surface area contributed by atoms with Gasteiger partial charge < -0.3 is 10.6 Å². The van der Waals surface area contributed by atoms with E-state index < -0.39 is 5.41 Å². The fourth-order valence-electron chi connectivity index (χ4n) is 4.31. The van der Waals surface area contributed by atoms with Crippen LogP contribution in [0, 0.1) is 11.3 Å². The van der Waals surface area contributed by atoms with Gasteiger partial charge in [0.1, 0.15) is 0 Å². The molecule has 0 radical (unpaired) electrons. The maximum Gasteiger partial charge on any atom is 0.231 e. The molecule has 1 heterocycles. The summed E-state index contributed by atoms with van der Waals surface area (Å²) < 4.78 is 0. The van der Waals surface area contributed by atoms with Gasteiger partial charge in [-0.2, -0.15) is 5.26 Å². The van der Waals surface area contributed by atoms with E-state index in [-0.39, 0.29) is 5.91 Å². The Bertz CT molecular complexity index is 1140. The summed E-state index contributed by atoms with van der Waals surface area (Å²) in [4.78, 5) is 13.5. The van der Waals surface area contributed by atoms with E-state index in [9.17, 15) is 4.79 Å². The summed E-state index contributed by atoms with van der Waals surface area (Å²) >= 11 is 12.2. The number of hydrogen-bond acceptors (Lipinski definition) is 3. The lowest BCUT2D eigenvalue weighted by atomic mass is 9.72. The van der Waals surface area contributed by atoms with E-state index in [1.165, 1.54) is 0 Å². The third-order valence-electron chi connectivity index (χ3n) is 6.03. The van der Waals surface area contributed by atoms with E-state index in [4.69, 9.17) is 28.5 Å². The molecule has 0 aromatic heterocycles. The molecule has 1 fully saturated rings. The third-order valence-corrected chi connectivity index (χ3v) is 6.47. The monoisotopic (exact) mass is 463 g/mol. The van der Waals surface area contributed by atoms with Crippen molar-refractivity contribution in [1.82, 2.24) is 10.6 Å².